The highest BCUT2D eigenvalue weighted by Crippen LogP contribution is 2.34. The molecule has 3 unspecified atom stereocenters. The Morgan fingerprint density at radius 2 is 1.59 bits per heavy atom. The smallest absolute Gasteiger partial charge is 0.407 e. The maximum atomic E-state index is 13.2. The molecular formula is C33H43N3O17S. The van der Waals surface area contributed by atoms with Gasteiger partial charge >= 0.3 is 30.0 Å². The maximum absolute atomic E-state index is 13.2. The van der Waals surface area contributed by atoms with Crippen LogP contribution in [0.4, 0.5) is 10.5 Å². The van der Waals surface area contributed by atoms with Crippen molar-refractivity contribution in [3.05, 3.63) is 23.8 Å². The van der Waals surface area contributed by atoms with E-state index in [0.29, 0.717) is 0 Å². The molecule has 0 saturated carbocycles. The lowest BCUT2D eigenvalue weighted by Gasteiger charge is -2.43. The Morgan fingerprint density at radius 3 is 2.19 bits per heavy atom. The highest BCUT2D eigenvalue weighted by Gasteiger charge is 2.56. The fraction of sp³-hybridized carbons (Fsp3) is 0.545. The molecule has 1 aromatic carbocycles. The Morgan fingerprint density at radius 1 is 0.963 bits per heavy atom. The van der Waals surface area contributed by atoms with Gasteiger partial charge in [0.15, 0.2) is 18.3 Å². The van der Waals surface area contributed by atoms with Gasteiger partial charge in [-0.1, -0.05) is 12.0 Å². The van der Waals surface area contributed by atoms with Gasteiger partial charge < -0.3 is 53.4 Å². The molecule has 2 N–H and O–H groups in total. The summed E-state index contributed by atoms with van der Waals surface area (Å²) in [6.45, 7) is 2.00. The van der Waals surface area contributed by atoms with Crippen LogP contribution >= 0.6 is 0 Å². The zero-order chi connectivity index (χ0) is 40.6. The summed E-state index contributed by atoms with van der Waals surface area (Å²) in [4.78, 5) is 88.3. The molecule has 298 valence electrons. The van der Waals surface area contributed by atoms with E-state index in [1.54, 1.807) is 0 Å². The molecular weight excluding hydrogens is 742 g/mol. The van der Waals surface area contributed by atoms with E-state index in [9.17, 15) is 42.0 Å². The van der Waals surface area contributed by atoms with Gasteiger partial charge in [0.2, 0.25) is 24.2 Å². The number of carbonyl (C=O) groups excluding carboxylic acids is 7. The molecule has 0 bridgehead atoms. The molecule has 0 aromatic heterocycles. The lowest BCUT2D eigenvalue weighted by Crippen LogP contribution is -2.64. The number of nitrogens with one attached hydrogen (secondary N) is 2. The molecule has 2 rings (SSSR count). The summed E-state index contributed by atoms with van der Waals surface area (Å²) in [5.74, 6) is -3.27. The number of alkyl carbamates (subject to hydrolysis) is 1. The first kappa shape index (κ1) is 44.7. The molecule has 1 saturated heterocycles. The van der Waals surface area contributed by atoms with Crippen LogP contribution in [0, 0.1) is 12.3 Å². The summed E-state index contributed by atoms with van der Waals surface area (Å²) in [5, 5.41) is 4.87. The van der Waals surface area contributed by atoms with Gasteiger partial charge in [0.25, 0.3) is 0 Å². The summed E-state index contributed by atoms with van der Waals surface area (Å²) in [6.07, 6.45) is -3.48. The SMILES string of the molecule is C#CCOCCC(=O)N(C)CC(=O)Nc1cc(COC(=O)NCCS(C)(=O)=O)ccc1O[C@H]1OC(C(=O)OC)[C@@H](OC(C)=O)C(OC(C)=O)C1OC(C)=O. The number of methoxy groups -OCH3 is 1. The fourth-order valence-electron chi connectivity index (χ4n) is 4.68. The van der Waals surface area contributed by atoms with Crippen molar-refractivity contribution in [2.24, 2.45) is 0 Å². The zero-order valence-electron chi connectivity index (χ0n) is 30.4. The number of benzene rings is 1. The second-order valence-corrected chi connectivity index (χ2v) is 13.8. The molecule has 21 heteroatoms. The van der Waals surface area contributed by atoms with Crippen LogP contribution in [0.25, 0.3) is 0 Å². The maximum Gasteiger partial charge on any atom is 0.407 e. The molecule has 3 amide bonds. The standard InChI is InChI=1S/C33H43N3O17S/c1-8-13-47-14-11-26(41)36(5)17-25(40)35-23-16-22(18-48-33(43)34-12-15-54(7,44)45)9-10-24(23)52-32-30(51-21(4)39)28(50-20(3)38)27(49-19(2)37)29(53-32)31(42)46-6/h1,9-10,16,27-30,32H,11-15,17-18H2,2-7H3,(H,34,43)(H,35,40)/t27-,28?,29?,30?,32-/m0/s1. The minimum Gasteiger partial charge on any atom is -0.467 e. The van der Waals surface area contributed by atoms with Crippen molar-refractivity contribution >= 4 is 57.3 Å². The Kier molecular flexibility index (Phi) is 17.6. The largest absolute Gasteiger partial charge is 0.467 e. The van der Waals surface area contributed by atoms with Gasteiger partial charge in [0.1, 0.15) is 28.8 Å². The molecule has 1 aromatic rings. The number of rotatable bonds is 18. The number of terminal acetylenes is 1. The van der Waals surface area contributed by atoms with Crippen LogP contribution in [0.3, 0.4) is 0 Å². The van der Waals surface area contributed by atoms with E-state index in [4.69, 9.17) is 44.3 Å². The predicted octanol–water partition coefficient (Wildman–Crippen LogP) is -0.534. The van der Waals surface area contributed by atoms with Gasteiger partial charge in [-0.2, -0.15) is 0 Å². The second kappa shape index (κ2) is 21.3. The normalized spacial score (nSPS) is 19.2. The number of anilines is 1. The van der Waals surface area contributed by atoms with Crippen molar-refractivity contribution in [2.45, 2.75) is 64.5 Å². The Bertz CT molecular complexity index is 1690. The summed E-state index contributed by atoms with van der Waals surface area (Å²) in [5.41, 5.74) is 0.162. The Hall–Kier alpha value is -5.46. The quantitative estimate of drug-likeness (QED) is 0.0821. The topological polar surface area (TPSA) is 255 Å². The number of carbonyl (C=O) groups is 7. The first-order valence-corrected chi connectivity index (χ1v) is 18.1. The molecule has 0 radical (unpaired) electrons. The highest BCUT2D eigenvalue weighted by atomic mass is 32.2. The van der Waals surface area contributed by atoms with Crippen LogP contribution in [0.5, 0.6) is 5.75 Å². The third kappa shape index (κ3) is 15.3. The van der Waals surface area contributed by atoms with E-state index >= 15 is 0 Å². The van der Waals surface area contributed by atoms with Gasteiger partial charge in [-0.25, -0.2) is 18.0 Å². The Labute approximate surface area is 311 Å². The van der Waals surface area contributed by atoms with Crippen molar-refractivity contribution in [2.75, 3.05) is 57.8 Å². The number of nitrogens with zero attached hydrogens (tertiary/aromatic N) is 1. The van der Waals surface area contributed by atoms with E-state index in [2.05, 4.69) is 16.6 Å². The first-order chi connectivity index (χ1) is 25.3. The van der Waals surface area contributed by atoms with Crippen molar-refractivity contribution in [1.82, 2.24) is 10.2 Å². The van der Waals surface area contributed by atoms with E-state index in [1.165, 1.54) is 25.2 Å². The van der Waals surface area contributed by atoms with E-state index in [0.717, 1.165) is 39.0 Å². The molecule has 0 aliphatic carbocycles. The predicted molar refractivity (Wildman–Crippen MR) is 183 cm³/mol. The van der Waals surface area contributed by atoms with Crippen molar-refractivity contribution < 1.29 is 79.9 Å². The molecule has 5 atom stereocenters. The van der Waals surface area contributed by atoms with E-state index in [-0.39, 0.29) is 55.5 Å². The van der Waals surface area contributed by atoms with Crippen molar-refractivity contribution in [3.63, 3.8) is 0 Å². The van der Waals surface area contributed by atoms with Gasteiger partial charge in [0.05, 0.1) is 38.1 Å². The van der Waals surface area contributed by atoms with Crippen LogP contribution in [0.15, 0.2) is 18.2 Å². The van der Waals surface area contributed by atoms with Gasteiger partial charge in [-0.3, -0.25) is 24.0 Å². The lowest BCUT2D eigenvalue weighted by atomic mass is 9.97. The van der Waals surface area contributed by atoms with Gasteiger partial charge in [-0.15, -0.1) is 6.42 Å². The number of hydrogen-bond acceptors (Lipinski definition) is 17. The number of likely N-dealkylation sites (N-methyl/N-ethyl adjacent to an activating group) is 1. The van der Waals surface area contributed by atoms with Gasteiger partial charge in [-0.05, 0) is 17.7 Å². The van der Waals surface area contributed by atoms with Crippen molar-refractivity contribution in [3.8, 4) is 18.1 Å². The molecule has 1 fully saturated rings. The zero-order valence-corrected chi connectivity index (χ0v) is 31.3. The van der Waals surface area contributed by atoms with Crippen LogP contribution in [-0.2, 0) is 78.4 Å². The number of hydrogen-bond donors (Lipinski definition) is 2. The fourth-order valence-corrected chi connectivity index (χ4v) is 5.15. The van der Waals surface area contributed by atoms with Crippen molar-refractivity contribution in [1.29, 1.82) is 0 Å². The third-order valence-corrected chi connectivity index (χ3v) is 7.91. The number of amides is 3. The minimum absolute atomic E-state index is 0.00193. The average molecular weight is 786 g/mol. The summed E-state index contributed by atoms with van der Waals surface area (Å²) < 4.78 is 65.6. The summed E-state index contributed by atoms with van der Waals surface area (Å²) in [7, 11) is -0.972. The highest BCUT2D eigenvalue weighted by molar-refractivity contribution is 7.90. The lowest BCUT2D eigenvalue weighted by molar-refractivity contribution is -0.282. The van der Waals surface area contributed by atoms with Crippen LogP contribution in [0.2, 0.25) is 0 Å². The minimum atomic E-state index is -3.35. The average Bonchev–Trinajstić information content (AvgIpc) is 3.07. The molecule has 54 heavy (non-hydrogen) atoms. The first-order valence-electron chi connectivity index (χ1n) is 16.0. The molecule has 1 aliphatic rings. The molecule has 20 nitrogen and oxygen atoms in total. The number of ether oxygens (including phenoxy) is 8. The van der Waals surface area contributed by atoms with E-state index < -0.39 is 88.9 Å². The number of esters is 4. The van der Waals surface area contributed by atoms with Crippen LogP contribution in [0.1, 0.15) is 32.8 Å². The Balaban J connectivity index is 2.49. The van der Waals surface area contributed by atoms with Gasteiger partial charge in [0, 0.05) is 40.6 Å². The summed E-state index contributed by atoms with van der Waals surface area (Å²) in [6, 6.07) is 4.00. The monoisotopic (exact) mass is 785 g/mol. The third-order valence-electron chi connectivity index (χ3n) is 6.96. The summed E-state index contributed by atoms with van der Waals surface area (Å²) >= 11 is 0. The molecule has 0 spiro atoms. The second-order valence-electron chi connectivity index (χ2n) is 11.6. The van der Waals surface area contributed by atoms with E-state index in [1.807, 2.05) is 0 Å². The number of sulfone groups is 1. The molecule has 1 aliphatic heterocycles. The van der Waals surface area contributed by atoms with Crippen LogP contribution in [-0.4, -0.2) is 138 Å². The van der Waals surface area contributed by atoms with Crippen LogP contribution < -0.4 is 15.4 Å². The molecule has 1 heterocycles.